The van der Waals surface area contributed by atoms with Crippen LogP contribution in [0.25, 0.3) is 0 Å². The average molecular weight is 370 g/mol. The van der Waals surface area contributed by atoms with E-state index < -0.39 is 0 Å². The van der Waals surface area contributed by atoms with Gasteiger partial charge in [-0.15, -0.1) is 0 Å². The number of hydrogen-bond donors (Lipinski definition) is 3. The average Bonchev–Trinajstić information content (AvgIpc) is 2.64. The lowest BCUT2D eigenvalue weighted by atomic mass is 10.0. The van der Waals surface area contributed by atoms with E-state index in [1.807, 2.05) is 6.08 Å². The van der Waals surface area contributed by atoms with E-state index >= 15 is 0 Å². The summed E-state index contributed by atoms with van der Waals surface area (Å²) < 4.78 is 0. The number of hydrogen-bond acceptors (Lipinski definition) is 3. The first kappa shape index (κ1) is 25.1. The van der Waals surface area contributed by atoms with Gasteiger partial charge in [0.2, 0.25) is 5.91 Å². The molecule has 0 aliphatic carbocycles. The maximum Gasteiger partial charge on any atom is 0.220 e. The molecule has 4 nitrogen and oxygen atoms in total. The largest absolute Gasteiger partial charge is 0.395 e. The SMILES string of the molecule is CCCC[C@@H](O)C=CCCCCCCCCCCCCC(=O)NCCO. The summed E-state index contributed by atoms with van der Waals surface area (Å²) in [6.45, 7) is 2.54. The van der Waals surface area contributed by atoms with Gasteiger partial charge in [0.15, 0.2) is 0 Å². The van der Waals surface area contributed by atoms with E-state index in [1.165, 1.54) is 51.4 Å². The number of carbonyl (C=O) groups is 1. The third-order valence-corrected chi connectivity index (χ3v) is 4.67. The molecule has 0 radical (unpaired) electrons. The molecule has 0 rings (SSSR count). The predicted molar refractivity (Wildman–Crippen MR) is 110 cm³/mol. The van der Waals surface area contributed by atoms with Crippen molar-refractivity contribution >= 4 is 5.91 Å². The fourth-order valence-electron chi connectivity index (χ4n) is 3.01. The number of aliphatic hydroxyl groups is 2. The monoisotopic (exact) mass is 369 g/mol. The van der Waals surface area contributed by atoms with Gasteiger partial charge in [0.1, 0.15) is 0 Å². The number of nitrogens with one attached hydrogen (secondary N) is 1. The molecule has 0 heterocycles. The van der Waals surface area contributed by atoms with Crippen molar-refractivity contribution in [3.05, 3.63) is 12.2 Å². The minimum atomic E-state index is -0.245. The summed E-state index contributed by atoms with van der Waals surface area (Å²) >= 11 is 0. The van der Waals surface area contributed by atoms with Gasteiger partial charge in [-0.05, 0) is 25.7 Å². The van der Waals surface area contributed by atoms with Gasteiger partial charge in [-0.2, -0.15) is 0 Å². The molecule has 0 aromatic carbocycles. The topological polar surface area (TPSA) is 69.6 Å². The second-order valence-electron chi connectivity index (χ2n) is 7.29. The van der Waals surface area contributed by atoms with E-state index in [4.69, 9.17) is 5.11 Å². The van der Waals surface area contributed by atoms with Gasteiger partial charge in [-0.25, -0.2) is 0 Å². The van der Waals surface area contributed by atoms with E-state index in [0.717, 1.165) is 38.5 Å². The van der Waals surface area contributed by atoms with Gasteiger partial charge in [0.05, 0.1) is 12.7 Å². The van der Waals surface area contributed by atoms with E-state index in [2.05, 4.69) is 18.3 Å². The fraction of sp³-hybridized carbons (Fsp3) is 0.864. The number of aliphatic hydroxyl groups excluding tert-OH is 2. The highest BCUT2D eigenvalue weighted by molar-refractivity contribution is 5.75. The van der Waals surface area contributed by atoms with Crippen LogP contribution in [0.15, 0.2) is 12.2 Å². The smallest absolute Gasteiger partial charge is 0.220 e. The lowest BCUT2D eigenvalue weighted by molar-refractivity contribution is -0.121. The van der Waals surface area contributed by atoms with Crippen molar-refractivity contribution in [3.63, 3.8) is 0 Å². The first-order valence-corrected chi connectivity index (χ1v) is 10.9. The Kier molecular flexibility index (Phi) is 19.8. The molecule has 0 aliphatic rings. The van der Waals surface area contributed by atoms with Crippen molar-refractivity contribution in [3.8, 4) is 0 Å². The third kappa shape index (κ3) is 19.5. The first-order chi connectivity index (χ1) is 12.7. The molecular formula is C22H43NO3. The van der Waals surface area contributed by atoms with Crippen molar-refractivity contribution in [2.45, 2.75) is 109 Å². The summed E-state index contributed by atoms with van der Waals surface area (Å²) in [6, 6.07) is 0. The Morgan fingerprint density at radius 3 is 2.08 bits per heavy atom. The zero-order valence-corrected chi connectivity index (χ0v) is 17.1. The Morgan fingerprint density at radius 1 is 0.923 bits per heavy atom. The van der Waals surface area contributed by atoms with Crippen molar-refractivity contribution in [1.29, 1.82) is 0 Å². The number of rotatable bonds is 19. The lowest BCUT2D eigenvalue weighted by Gasteiger charge is -2.04. The van der Waals surface area contributed by atoms with Gasteiger partial charge >= 0.3 is 0 Å². The van der Waals surface area contributed by atoms with Crippen LogP contribution >= 0.6 is 0 Å². The van der Waals surface area contributed by atoms with Crippen LogP contribution in [0, 0.1) is 0 Å². The van der Waals surface area contributed by atoms with Gasteiger partial charge in [-0.1, -0.05) is 83.3 Å². The molecule has 26 heavy (non-hydrogen) atoms. The zero-order valence-electron chi connectivity index (χ0n) is 17.1. The standard InChI is InChI=1S/C22H43NO3/c1-2-3-16-21(25)17-14-12-10-8-6-4-5-7-9-11-13-15-18-22(26)23-19-20-24/h14,17,21,24-25H,2-13,15-16,18-20H2,1H3,(H,23,26)/t21-/m1/s1. The van der Waals surface area contributed by atoms with Crippen LogP contribution in [-0.2, 0) is 4.79 Å². The van der Waals surface area contributed by atoms with E-state index in [0.29, 0.717) is 13.0 Å². The normalized spacial score (nSPS) is 12.6. The molecule has 0 aromatic rings. The highest BCUT2D eigenvalue weighted by Gasteiger charge is 2.00. The Hall–Kier alpha value is -0.870. The van der Waals surface area contributed by atoms with E-state index in [-0.39, 0.29) is 18.6 Å². The molecule has 0 aliphatic heterocycles. The van der Waals surface area contributed by atoms with Crippen molar-refractivity contribution < 1.29 is 15.0 Å². The molecule has 154 valence electrons. The van der Waals surface area contributed by atoms with Crippen molar-refractivity contribution in [2.75, 3.05) is 13.2 Å². The number of allylic oxidation sites excluding steroid dienone is 1. The van der Waals surface area contributed by atoms with Gasteiger partial charge in [0.25, 0.3) is 0 Å². The zero-order chi connectivity index (χ0) is 19.3. The summed E-state index contributed by atoms with van der Waals surface area (Å²) in [4.78, 5) is 11.3. The Balaban J connectivity index is 3.20. The molecule has 0 saturated carbocycles. The van der Waals surface area contributed by atoms with Crippen LogP contribution in [-0.4, -0.2) is 35.4 Å². The number of amides is 1. The minimum absolute atomic E-state index is 0.0185. The molecule has 1 amide bonds. The van der Waals surface area contributed by atoms with Crippen LogP contribution in [0.3, 0.4) is 0 Å². The molecule has 1 atom stereocenters. The van der Waals surface area contributed by atoms with Crippen LogP contribution < -0.4 is 5.32 Å². The van der Waals surface area contributed by atoms with Crippen LogP contribution in [0.5, 0.6) is 0 Å². The quantitative estimate of drug-likeness (QED) is 0.224. The molecular weight excluding hydrogens is 326 g/mol. The Labute approximate surface area is 161 Å². The number of carbonyl (C=O) groups excluding carboxylic acids is 1. The van der Waals surface area contributed by atoms with Crippen molar-refractivity contribution in [2.24, 2.45) is 0 Å². The molecule has 4 heteroatoms. The lowest BCUT2D eigenvalue weighted by Crippen LogP contribution is -2.25. The highest BCUT2D eigenvalue weighted by Crippen LogP contribution is 2.12. The molecule has 0 spiro atoms. The third-order valence-electron chi connectivity index (χ3n) is 4.67. The number of unbranched alkanes of at least 4 members (excludes halogenated alkanes) is 11. The summed E-state index contributed by atoms with van der Waals surface area (Å²) in [5.41, 5.74) is 0. The van der Waals surface area contributed by atoms with Gasteiger partial charge in [0, 0.05) is 13.0 Å². The van der Waals surface area contributed by atoms with Gasteiger partial charge in [-0.3, -0.25) is 4.79 Å². The summed E-state index contributed by atoms with van der Waals surface area (Å²) in [5, 5.41) is 21.0. The predicted octanol–water partition coefficient (Wildman–Crippen LogP) is 4.88. The fourth-order valence-corrected chi connectivity index (χ4v) is 3.01. The summed E-state index contributed by atoms with van der Waals surface area (Å²) in [7, 11) is 0. The Bertz CT molecular complexity index is 331. The minimum Gasteiger partial charge on any atom is -0.395 e. The first-order valence-electron chi connectivity index (χ1n) is 10.9. The molecule has 0 aromatic heterocycles. The highest BCUT2D eigenvalue weighted by atomic mass is 16.3. The maximum atomic E-state index is 11.3. The van der Waals surface area contributed by atoms with Crippen LogP contribution in [0.2, 0.25) is 0 Å². The summed E-state index contributed by atoms with van der Waals surface area (Å²) in [6.07, 6.45) is 21.1. The Morgan fingerprint density at radius 2 is 1.50 bits per heavy atom. The molecule has 0 bridgehead atoms. The van der Waals surface area contributed by atoms with Gasteiger partial charge < -0.3 is 15.5 Å². The van der Waals surface area contributed by atoms with Crippen LogP contribution in [0.4, 0.5) is 0 Å². The van der Waals surface area contributed by atoms with Crippen LogP contribution in [0.1, 0.15) is 103 Å². The van der Waals surface area contributed by atoms with Crippen molar-refractivity contribution in [1.82, 2.24) is 5.32 Å². The van der Waals surface area contributed by atoms with E-state index in [9.17, 15) is 9.90 Å². The molecule has 3 N–H and O–H groups in total. The maximum absolute atomic E-state index is 11.3. The molecule has 0 fully saturated rings. The molecule has 0 unspecified atom stereocenters. The van der Waals surface area contributed by atoms with E-state index in [1.54, 1.807) is 0 Å². The second kappa shape index (κ2) is 20.4. The molecule has 0 saturated heterocycles. The summed E-state index contributed by atoms with van der Waals surface area (Å²) in [5.74, 6) is 0.0596. The second-order valence-corrected chi connectivity index (χ2v) is 7.29.